The van der Waals surface area contributed by atoms with Gasteiger partial charge in [0.25, 0.3) is 5.91 Å². The summed E-state index contributed by atoms with van der Waals surface area (Å²) in [4.78, 5) is 15.6. The number of ether oxygens (including phenoxy) is 1. The lowest BCUT2D eigenvalue weighted by Gasteiger charge is -2.12. The molecule has 2 unspecified atom stereocenters. The second-order valence-electron chi connectivity index (χ2n) is 4.74. The van der Waals surface area contributed by atoms with E-state index in [2.05, 4.69) is 25.9 Å². The summed E-state index contributed by atoms with van der Waals surface area (Å²) in [5.41, 5.74) is 6.11. The fourth-order valence-electron chi connectivity index (χ4n) is 1.81. The van der Waals surface area contributed by atoms with Gasteiger partial charge < -0.3 is 10.1 Å². The number of hydrazine groups is 1. The van der Waals surface area contributed by atoms with Crippen molar-refractivity contribution in [3.63, 3.8) is 0 Å². The van der Waals surface area contributed by atoms with Gasteiger partial charge >= 0.3 is 6.18 Å². The van der Waals surface area contributed by atoms with E-state index < -0.39 is 12.8 Å². The Morgan fingerprint density at radius 2 is 2.24 bits per heavy atom. The minimum Gasteiger partial charge on any atom is -0.468 e. The molecule has 1 aromatic rings. The van der Waals surface area contributed by atoms with Crippen molar-refractivity contribution in [2.45, 2.75) is 31.7 Å². The summed E-state index contributed by atoms with van der Waals surface area (Å²) in [6, 6.07) is 2.83. The second kappa shape index (κ2) is 6.27. The van der Waals surface area contributed by atoms with Crippen molar-refractivity contribution in [2.24, 2.45) is 0 Å². The molecule has 21 heavy (non-hydrogen) atoms. The number of carbonyl (C=O) groups is 1. The summed E-state index contributed by atoms with van der Waals surface area (Å²) in [6.45, 7) is 0.550. The van der Waals surface area contributed by atoms with Crippen LogP contribution in [0, 0.1) is 0 Å². The molecule has 0 aromatic carbocycles. The molecule has 1 aliphatic heterocycles. The molecule has 2 atom stereocenters. The van der Waals surface area contributed by atoms with Gasteiger partial charge in [0.05, 0.1) is 11.7 Å². The Hall–Kier alpha value is -1.87. The third-order valence-electron chi connectivity index (χ3n) is 2.78. The number of halogens is 3. The van der Waals surface area contributed by atoms with Crippen LogP contribution in [-0.2, 0) is 0 Å². The zero-order chi connectivity index (χ0) is 15.5. The van der Waals surface area contributed by atoms with Crippen molar-refractivity contribution >= 4 is 5.91 Å². The fraction of sp³-hybridized carbons (Fsp3) is 0.500. The van der Waals surface area contributed by atoms with Gasteiger partial charge in [-0.1, -0.05) is 0 Å². The number of nitrogens with zero attached hydrogens (tertiary/aromatic N) is 1. The molecule has 0 bridgehead atoms. The number of carbonyl (C=O) groups excluding carboxylic acids is 1. The van der Waals surface area contributed by atoms with E-state index in [-0.39, 0.29) is 29.6 Å². The van der Waals surface area contributed by atoms with Crippen LogP contribution in [0.3, 0.4) is 0 Å². The standard InChI is InChI=1S/C12H15F3N4O2/c1-7-4-9(19-18-7)17-11(20)8-2-3-10(16-5-8)21-6-12(13,14)15/h2-3,5,7,9,18-19H,4,6H2,1H3,(H,17,20). The smallest absolute Gasteiger partial charge is 0.422 e. The molecule has 116 valence electrons. The van der Waals surface area contributed by atoms with E-state index >= 15 is 0 Å². The molecule has 6 nitrogen and oxygen atoms in total. The van der Waals surface area contributed by atoms with Gasteiger partial charge in [-0.05, 0) is 19.4 Å². The molecule has 1 fully saturated rings. The summed E-state index contributed by atoms with van der Waals surface area (Å²) in [5.74, 6) is -0.545. The van der Waals surface area contributed by atoms with Crippen LogP contribution in [0.2, 0.25) is 0 Å². The first-order valence-electron chi connectivity index (χ1n) is 6.31. The lowest BCUT2D eigenvalue weighted by atomic mass is 10.2. The van der Waals surface area contributed by atoms with E-state index in [1.165, 1.54) is 18.3 Å². The maximum atomic E-state index is 12.0. The lowest BCUT2D eigenvalue weighted by molar-refractivity contribution is -0.154. The van der Waals surface area contributed by atoms with Crippen LogP contribution in [0.5, 0.6) is 5.88 Å². The maximum absolute atomic E-state index is 12.0. The molecule has 1 aliphatic rings. The second-order valence-corrected chi connectivity index (χ2v) is 4.74. The van der Waals surface area contributed by atoms with Gasteiger partial charge in [-0.2, -0.15) is 13.2 Å². The highest BCUT2D eigenvalue weighted by atomic mass is 19.4. The molecular weight excluding hydrogens is 289 g/mol. The van der Waals surface area contributed by atoms with Gasteiger partial charge in [-0.3, -0.25) is 10.2 Å². The van der Waals surface area contributed by atoms with Gasteiger partial charge in [0.2, 0.25) is 5.88 Å². The number of hydrogen-bond donors (Lipinski definition) is 3. The largest absolute Gasteiger partial charge is 0.468 e. The van der Waals surface area contributed by atoms with E-state index in [1.54, 1.807) is 0 Å². The van der Waals surface area contributed by atoms with Crippen LogP contribution in [0.25, 0.3) is 0 Å². The van der Waals surface area contributed by atoms with Gasteiger partial charge in [-0.25, -0.2) is 10.4 Å². The molecule has 1 aromatic heterocycles. The van der Waals surface area contributed by atoms with Gasteiger partial charge in [0.1, 0.15) is 0 Å². The molecule has 0 aliphatic carbocycles. The highest BCUT2D eigenvalue weighted by Crippen LogP contribution is 2.17. The molecule has 0 saturated carbocycles. The Balaban J connectivity index is 1.87. The topological polar surface area (TPSA) is 75.3 Å². The number of nitrogens with one attached hydrogen (secondary N) is 3. The molecule has 9 heteroatoms. The summed E-state index contributed by atoms with van der Waals surface area (Å²) >= 11 is 0. The third kappa shape index (κ3) is 4.87. The number of rotatable bonds is 4. The fourth-order valence-corrected chi connectivity index (χ4v) is 1.81. The summed E-state index contributed by atoms with van der Waals surface area (Å²) < 4.78 is 40.4. The first kappa shape index (κ1) is 15.5. The predicted octanol–water partition coefficient (Wildman–Crippen LogP) is 0.965. The zero-order valence-corrected chi connectivity index (χ0v) is 11.2. The normalized spacial score (nSPS) is 22.1. The number of hydrogen-bond acceptors (Lipinski definition) is 5. The van der Waals surface area contributed by atoms with Crippen LogP contribution in [0.15, 0.2) is 18.3 Å². The monoisotopic (exact) mass is 304 g/mol. The molecule has 2 heterocycles. The van der Waals surface area contributed by atoms with Crippen molar-refractivity contribution in [1.82, 2.24) is 21.2 Å². The minimum atomic E-state index is -4.42. The van der Waals surface area contributed by atoms with Crippen LogP contribution < -0.4 is 20.9 Å². The Labute approximate surface area is 119 Å². The van der Waals surface area contributed by atoms with Crippen LogP contribution in [0.1, 0.15) is 23.7 Å². The van der Waals surface area contributed by atoms with Gasteiger partial charge in [0.15, 0.2) is 6.61 Å². The first-order valence-corrected chi connectivity index (χ1v) is 6.31. The van der Waals surface area contributed by atoms with Crippen molar-refractivity contribution < 1.29 is 22.7 Å². The Morgan fingerprint density at radius 1 is 1.48 bits per heavy atom. The molecule has 0 radical (unpaired) electrons. The third-order valence-corrected chi connectivity index (χ3v) is 2.78. The zero-order valence-electron chi connectivity index (χ0n) is 11.2. The van der Waals surface area contributed by atoms with Gasteiger partial charge in [-0.15, -0.1) is 0 Å². The predicted molar refractivity (Wildman–Crippen MR) is 67.4 cm³/mol. The number of aromatic nitrogens is 1. The average molecular weight is 304 g/mol. The van der Waals surface area contributed by atoms with E-state index in [1.807, 2.05) is 6.92 Å². The van der Waals surface area contributed by atoms with Crippen LogP contribution >= 0.6 is 0 Å². The Bertz CT molecular complexity index is 492. The first-order chi connectivity index (χ1) is 9.83. The van der Waals surface area contributed by atoms with Crippen molar-refractivity contribution in [1.29, 1.82) is 0 Å². The van der Waals surface area contributed by atoms with E-state index in [4.69, 9.17) is 0 Å². The summed E-state index contributed by atoms with van der Waals surface area (Å²) in [5, 5.41) is 2.73. The van der Waals surface area contributed by atoms with E-state index in [9.17, 15) is 18.0 Å². The molecular formula is C12H15F3N4O2. The highest BCUT2D eigenvalue weighted by Gasteiger charge is 2.28. The lowest BCUT2D eigenvalue weighted by Crippen LogP contribution is -2.44. The number of alkyl halides is 3. The minimum absolute atomic E-state index is 0.182. The molecule has 0 spiro atoms. The molecule has 1 saturated heterocycles. The quantitative estimate of drug-likeness (QED) is 0.773. The Morgan fingerprint density at radius 3 is 2.76 bits per heavy atom. The molecule has 2 rings (SSSR count). The summed E-state index contributed by atoms with van der Waals surface area (Å²) in [7, 11) is 0. The van der Waals surface area contributed by atoms with Crippen molar-refractivity contribution in [2.75, 3.05) is 6.61 Å². The molecule has 3 N–H and O–H groups in total. The van der Waals surface area contributed by atoms with Crippen molar-refractivity contribution in [3.8, 4) is 5.88 Å². The van der Waals surface area contributed by atoms with Crippen LogP contribution in [-0.4, -0.2) is 35.9 Å². The highest BCUT2D eigenvalue weighted by molar-refractivity contribution is 5.94. The number of pyridine rings is 1. The molecule has 1 amide bonds. The Kier molecular flexibility index (Phi) is 4.63. The van der Waals surface area contributed by atoms with E-state index in [0.717, 1.165) is 6.42 Å². The SMILES string of the molecule is CC1CC(NC(=O)c2ccc(OCC(F)(F)F)nc2)NN1. The van der Waals surface area contributed by atoms with Crippen LogP contribution in [0.4, 0.5) is 13.2 Å². The maximum Gasteiger partial charge on any atom is 0.422 e. The summed E-state index contributed by atoms with van der Waals surface area (Å²) in [6.07, 6.45) is -2.72. The number of amides is 1. The van der Waals surface area contributed by atoms with Gasteiger partial charge in [0, 0.05) is 18.3 Å². The van der Waals surface area contributed by atoms with Crippen molar-refractivity contribution in [3.05, 3.63) is 23.9 Å². The van der Waals surface area contributed by atoms with E-state index in [0.29, 0.717) is 0 Å². The average Bonchev–Trinajstić information content (AvgIpc) is 2.81.